The molecular formula is C16H25FN2O. The SMILES string of the molecule is CCN(C(=O)C(N)C(C)(C)C)C(C)c1ccc(F)cc1. The van der Waals surface area contributed by atoms with Gasteiger partial charge in [-0.15, -0.1) is 0 Å². The van der Waals surface area contributed by atoms with Gasteiger partial charge < -0.3 is 10.6 Å². The van der Waals surface area contributed by atoms with E-state index in [2.05, 4.69) is 0 Å². The maximum absolute atomic E-state index is 13.0. The number of nitrogens with zero attached hydrogens (tertiary/aromatic N) is 1. The lowest BCUT2D eigenvalue weighted by Crippen LogP contribution is -2.51. The fraction of sp³-hybridized carbons (Fsp3) is 0.562. The van der Waals surface area contributed by atoms with Crippen molar-refractivity contribution in [1.29, 1.82) is 0 Å². The van der Waals surface area contributed by atoms with Crippen LogP contribution < -0.4 is 5.73 Å². The summed E-state index contributed by atoms with van der Waals surface area (Å²) >= 11 is 0. The van der Waals surface area contributed by atoms with Crippen LogP contribution in [0.5, 0.6) is 0 Å². The number of likely N-dealkylation sites (N-methyl/N-ethyl adjacent to an activating group) is 1. The molecule has 0 heterocycles. The average molecular weight is 280 g/mol. The number of benzene rings is 1. The van der Waals surface area contributed by atoms with E-state index in [1.165, 1.54) is 12.1 Å². The van der Waals surface area contributed by atoms with Crippen molar-refractivity contribution in [3.8, 4) is 0 Å². The minimum atomic E-state index is -0.551. The van der Waals surface area contributed by atoms with Crippen LogP contribution in [0, 0.1) is 11.2 Å². The van der Waals surface area contributed by atoms with Crippen LogP contribution in [0.2, 0.25) is 0 Å². The number of rotatable bonds is 4. The highest BCUT2D eigenvalue weighted by atomic mass is 19.1. The second-order valence-electron chi connectivity index (χ2n) is 6.20. The summed E-state index contributed by atoms with van der Waals surface area (Å²) in [5.41, 5.74) is 6.68. The Morgan fingerprint density at radius 3 is 2.20 bits per heavy atom. The van der Waals surface area contributed by atoms with Gasteiger partial charge in [-0.25, -0.2) is 4.39 Å². The fourth-order valence-electron chi connectivity index (χ4n) is 2.09. The predicted molar refractivity (Wildman–Crippen MR) is 79.6 cm³/mol. The maximum Gasteiger partial charge on any atom is 0.240 e. The molecule has 0 aliphatic rings. The van der Waals surface area contributed by atoms with Crippen LogP contribution in [0.25, 0.3) is 0 Å². The standard InChI is InChI=1S/C16H25FN2O/c1-6-19(15(20)14(18)16(3,4)5)11(2)12-7-9-13(17)10-8-12/h7-11,14H,6,18H2,1-5H3. The summed E-state index contributed by atoms with van der Waals surface area (Å²) in [4.78, 5) is 14.3. The Morgan fingerprint density at radius 1 is 1.30 bits per heavy atom. The fourth-order valence-corrected chi connectivity index (χ4v) is 2.09. The Morgan fingerprint density at radius 2 is 1.80 bits per heavy atom. The zero-order chi connectivity index (χ0) is 15.5. The summed E-state index contributed by atoms with van der Waals surface area (Å²) in [6.45, 7) is 10.3. The van der Waals surface area contributed by atoms with Crippen molar-refractivity contribution in [2.24, 2.45) is 11.1 Å². The summed E-state index contributed by atoms with van der Waals surface area (Å²) < 4.78 is 13.0. The topological polar surface area (TPSA) is 46.3 Å². The molecule has 2 unspecified atom stereocenters. The van der Waals surface area contributed by atoms with E-state index in [-0.39, 0.29) is 23.2 Å². The molecule has 0 aliphatic carbocycles. The Balaban J connectivity index is 2.95. The highest BCUT2D eigenvalue weighted by Crippen LogP contribution is 2.25. The van der Waals surface area contributed by atoms with Gasteiger partial charge in [0.1, 0.15) is 5.82 Å². The van der Waals surface area contributed by atoms with Gasteiger partial charge in [0.2, 0.25) is 5.91 Å². The molecule has 3 nitrogen and oxygen atoms in total. The highest BCUT2D eigenvalue weighted by molar-refractivity contribution is 5.82. The van der Waals surface area contributed by atoms with Crippen molar-refractivity contribution in [2.45, 2.75) is 46.7 Å². The van der Waals surface area contributed by atoms with E-state index < -0.39 is 6.04 Å². The molecule has 0 radical (unpaired) electrons. The van der Waals surface area contributed by atoms with Gasteiger partial charge in [-0.1, -0.05) is 32.9 Å². The van der Waals surface area contributed by atoms with Gasteiger partial charge in [0, 0.05) is 6.54 Å². The molecule has 0 bridgehead atoms. The molecule has 0 saturated heterocycles. The van der Waals surface area contributed by atoms with Crippen LogP contribution in [0.4, 0.5) is 4.39 Å². The second-order valence-corrected chi connectivity index (χ2v) is 6.20. The lowest BCUT2D eigenvalue weighted by molar-refractivity contribution is -0.136. The first-order chi connectivity index (χ1) is 9.18. The monoisotopic (exact) mass is 280 g/mol. The quantitative estimate of drug-likeness (QED) is 0.921. The summed E-state index contributed by atoms with van der Waals surface area (Å²) in [5.74, 6) is -0.349. The summed E-state index contributed by atoms with van der Waals surface area (Å²) in [6, 6.07) is 5.56. The van der Waals surface area contributed by atoms with Crippen molar-refractivity contribution in [3.05, 3.63) is 35.6 Å². The van der Waals surface area contributed by atoms with Crippen LogP contribution in [0.3, 0.4) is 0 Å². The highest BCUT2D eigenvalue weighted by Gasteiger charge is 2.32. The average Bonchev–Trinajstić information content (AvgIpc) is 2.38. The van der Waals surface area contributed by atoms with E-state index in [1.807, 2.05) is 34.6 Å². The number of hydrogen-bond acceptors (Lipinski definition) is 2. The molecule has 1 aromatic rings. The van der Waals surface area contributed by atoms with Crippen molar-refractivity contribution >= 4 is 5.91 Å². The number of carbonyl (C=O) groups is 1. The number of nitrogens with two attached hydrogens (primary N) is 1. The molecule has 1 amide bonds. The summed E-state index contributed by atoms with van der Waals surface area (Å²) in [7, 11) is 0. The molecule has 2 N–H and O–H groups in total. The van der Waals surface area contributed by atoms with Crippen LogP contribution in [0.15, 0.2) is 24.3 Å². The van der Waals surface area contributed by atoms with Gasteiger partial charge in [-0.2, -0.15) is 0 Å². The molecule has 1 aromatic carbocycles. The van der Waals surface area contributed by atoms with Gasteiger partial charge in [0.15, 0.2) is 0 Å². The van der Waals surface area contributed by atoms with E-state index in [4.69, 9.17) is 5.73 Å². The molecule has 0 saturated carbocycles. The van der Waals surface area contributed by atoms with Gasteiger partial charge in [0.05, 0.1) is 12.1 Å². The Kier molecular flexibility index (Phi) is 5.28. The number of amides is 1. The molecule has 0 fully saturated rings. The van der Waals surface area contributed by atoms with Crippen molar-refractivity contribution in [2.75, 3.05) is 6.54 Å². The van der Waals surface area contributed by atoms with Gasteiger partial charge >= 0.3 is 0 Å². The first kappa shape index (κ1) is 16.6. The molecule has 20 heavy (non-hydrogen) atoms. The van der Waals surface area contributed by atoms with Crippen molar-refractivity contribution < 1.29 is 9.18 Å². The van der Waals surface area contributed by atoms with E-state index >= 15 is 0 Å². The maximum atomic E-state index is 13.0. The molecule has 1 rings (SSSR count). The van der Waals surface area contributed by atoms with Crippen molar-refractivity contribution in [3.63, 3.8) is 0 Å². The molecule has 0 aromatic heterocycles. The minimum Gasteiger partial charge on any atom is -0.335 e. The molecule has 4 heteroatoms. The first-order valence-corrected chi connectivity index (χ1v) is 7.00. The normalized spacial score (nSPS) is 14.8. The second kappa shape index (κ2) is 6.35. The molecule has 112 valence electrons. The number of carbonyl (C=O) groups excluding carboxylic acids is 1. The third-order valence-electron chi connectivity index (χ3n) is 3.64. The summed E-state index contributed by atoms with van der Waals surface area (Å²) in [5, 5.41) is 0. The largest absolute Gasteiger partial charge is 0.335 e. The third-order valence-corrected chi connectivity index (χ3v) is 3.64. The Hall–Kier alpha value is -1.42. The lowest BCUT2D eigenvalue weighted by Gasteiger charge is -2.35. The van der Waals surface area contributed by atoms with Crippen LogP contribution in [0.1, 0.15) is 46.2 Å². The third kappa shape index (κ3) is 3.79. The molecular weight excluding hydrogens is 255 g/mol. The van der Waals surface area contributed by atoms with Crippen LogP contribution in [-0.4, -0.2) is 23.4 Å². The van der Waals surface area contributed by atoms with Crippen LogP contribution in [-0.2, 0) is 4.79 Å². The number of hydrogen-bond donors (Lipinski definition) is 1. The van der Waals surface area contributed by atoms with Gasteiger partial charge in [-0.05, 0) is 37.0 Å². The van der Waals surface area contributed by atoms with Crippen LogP contribution >= 0.6 is 0 Å². The predicted octanol–water partition coefficient (Wildman–Crippen LogP) is 3.11. The first-order valence-electron chi connectivity index (χ1n) is 7.00. The lowest BCUT2D eigenvalue weighted by atomic mass is 9.86. The van der Waals surface area contributed by atoms with Gasteiger partial charge in [-0.3, -0.25) is 4.79 Å². The zero-order valence-electron chi connectivity index (χ0n) is 13.0. The van der Waals surface area contributed by atoms with Gasteiger partial charge in [0.25, 0.3) is 0 Å². The molecule has 0 aliphatic heterocycles. The van der Waals surface area contributed by atoms with E-state index in [0.29, 0.717) is 6.54 Å². The molecule has 2 atom stereocenters. The van der Waals surface area contributed by atoms with E-state index in [9.17, 15) is 9.18 Å². The smallest absolute Gasteiger partial charge is 0.240 e. The zero-order valence-corrected chi connectivity index (χ0v) is 13.0. The summed E-state index contributed by atoms with van der Waals surface area (Å²) in [6.07, 6.45) is 0. The van der Waals surface area contributed by atoms with Crippen molar-refractivity contribution in [1.82, 2.24) is 4.90 Å². The van der Waals surface area contributed by atoms with E-state index in [0.717, 1.165) is 5.56 Å². The Labute approximate surface area is 121 Å². The van der Waals surface area contributed by atoms with E-state index in [1.54, 1.807) is 17.0 Å². The Bertz CT molecular complexity index is 451. The minimum absolute atomic E-state index is 0.0724. The molecule has 0 spiro atoms. The number of halogens is 1.